The SMILES string of the molecule is CC(=O)C(F)(F)F.COCCO[C@@H]1[C@H](OC(=O)c2ccccc2)[C@@H](C(CP(C)(C)=O)N=[N+]=[N-])O[C@H]1n1cc(C)c(=O)[nH]c1=O.[C-]#[N+]CCOP(O[C@H]1[C@@H](OCCOC)[C@H](n2cc(C)c(=O)[nH]c2=O)O[C@@H]1C(CP(C)(C)=O)NC)N(C(C)C)C(C)C. The van der Waals surface area contributed by atoms with E-state index in [0.717, 1.165) is 4.57 Å². The van der Waals surface area contributed by atoms with Crippen molar-refractivity contribution in [3.8, 4) is 0 Å². The van der Waals surface area contributed by atoms with Crippen molar-refractivity contribution in [3.63, 3.8) is 0 Å². The normalized spacial score (nSPS) is 21.7. The molecule has 2 aliphatic rings. The number of hydrogen-bond acceptors (Lipinski definition) is 20. The van der Waals surface area contributed by atoms with Crippen LogP contribution in [0.25, 0.3) is 15.3 Å². The van der Waals surface area contributed by atoms with Gasteiger partial charge in [-0.25, -0.2) is 25.6 Å². The Labute approximate surface area is 492 Å². The highest BCUT2D eigenvalue weighted by atomic mass is 31.2. The monoisotopic (exact) mass is 1270 g/mol. The van der Waals surface area contributed by atoms with Crippen LogP contribution < -0.4 is 27.8 Å². The second kappa shape index (κ2) is 34.4. The number of azide groups is 1. The van der Waals surface area contributed by atoms with Crippen molar-refractivity contribution in [1.29, 1.82) is 0 Å². The topological polar surface area (TPSA) is 329 Å². The molecule has 0 bridgehead atoms. The zero-order valence-corrected chi connectivity index (χ0v) is 52.9. The minimum atomic E-state index is -4.64. The fourth-order valence-corrected chi connectivity index (χ4v) is 13.1. The van der Waals surface area contributed by atoms with Crippen molar-refractivity contribution in [1.82, 2.24) is 29.1 Å². The van der Waals surface area contributed by atoms with Crippen LogP contribution in [0.3, 0.4) is 0 Å². The Morgan fingerprint density at radius 2 is 1.27 bits per heavy atom. The van der Waals surface area contributed by atoms with E-state index in [4.69, 9.17) is 48.8 Å². The number of aryl methyl sites for hydroxylation is 2. The van der Waals surface area contributed by atoms with E-state index in [-0.39, 0.29) is 69.0 Å². The Hall–Kier alpha value is -5.20. The number of alkyl halides is 3. The van der Waals surface area contributed by atoms with E-state index in [1.54, 1.807) is 64.7 Å². The summed E-state index contributed by atoms with van der Waals surface area (Å²) in [7, 11) is -2.19. The van der Waals surface area contributed by atoms with Crippen LogP contribution in [0.1, 0.15) is 68.6 Å². The number of carbonyl (C=O) groups excluding carboxylic acids is 2. The Balaban J connectivity index is 0.000000401. The van der Waals surface area contributed by atoms with Crippen molar-refractivity contribution >= 4 is 34.6 Å². The van der Waals surface area contributed by atoms with E-state index in [9.17, 15) is 56.6 Å². The molecule has 4 heterocycles. The molecule has 476 valence electrons. The van der Waals surface area contributed by atoms with Crippen LogP contribution in [-0.4, -0.2) is 202 Å². The molecule has 2 saturated heterocycles. The Morgan fingerprint density at radius 3 is 1.68 bits per heavy atom. The minimum absolute atomic E-state index is 0.0435. The smallest absolute Gasteiger partial charge is 0.449 e. The lowest BCUT2D eigenvalue weighted by atomic mass is 10.0. The highest BCUT2D eigenvalue weighted by Crippen LogP contribution is 2.52. The van der Waals surface area contributed by atoms with Gasteiger partial charge < -0.3 is 61.5 Å². The molecule has 0 spiro atoms. The van der Waals surface area contributed by atoms with Gasteiger partial charge in [0, 0.05) is 80.0 Å². The molecule has 3 aromatic rings. The van der Waals surface area contributed by atoms with E-state index in [0.29, 0.717) is 18.6 Å². The second-order valence-corrected chi connectivity index (χ2v) is 29.6. The van der Waals surface area contributed by atoms with Crippen LogP contribution in [0, 0.1) is 20.4 Å². The molecule has 2 aliphatic heterocycles. The van der Waals surface area contributed by atoms with Gasteiger partial charge in [0.1, 0.15) is 37.1 Å². The predicted octanol–water partition coefficient (Wildman–Crippen LogP) is 6.09. The number of esters is 1. The molecular formula is C52H80F3N10O17P3. The van der Waals surface area contributed by atoms with Crippen molar-refractivity contribution in [2.75, 3.05) is 99.8 Å². The number of Topliss-reactive ketones (excluding diaryl/α,β-unsaturated/α-hetero) is 1. The van der Waals surface area contributed by atoms with Gasteiger partial charge in [-0.3, -0.25) is 33.5 Å². The fraction of sp³-hybridized carbons (Fsp3) is 0.673. The van der Waals surface area contributed by atoms with Crippen molar-refractivity contribution < 1.29 is 74.1 Å². The van der Waals surface area contributed by atoms with E-state index in [2.05, 4.69) is 34.8 Å². The Bertz CT molecular complexity index is 3060. The minimum Gasteiger partial charge on any atom is -0.453 e. The van der Waals surface area contributed by atoms with Gasteiger partial charge in [0.05, 0.1) is 52.3 Å². The molecule has 5 rings (SSSR count). The molecule has 2 aromatic heterocycles. The van der Waals surface area contributed by atoms with Crippen LogP contribution in [-0.2, 0) is 56.1 Å². The molecule has 0 radical (unpaired) electrons. The number of methoxy groups -OCH3 is 2. The fourth-order valence-electron chi connectivity index (χ4n) is 8.82. The standard InChI is InChI=1S/C26H47N5O8P2.C23H30N5O8P.C3H3F3O/c1-17(2)31(18(3)4)40(37-12-11-27-6)39-22-21(20(28-7)16-41(9,10)34)38-25(23(22)36-14-13-35-8)30-15-19(5)24(32)29-26(30)33;1-14-12-28(23(31)25-20(14)29)21-19(34-11-10-33-2)18(36-22(30)15-8-6-5-7-9-15)17(35-21)16(26-27-24)13-37(3,4)32;1-2(7)3(4,5)6/h15,17-18,20-23,25,28H,11-14,16H2,1-5,7-10H3,(H,29,32,33);5-9,12,16-19,21H,10-11,13H2,1-4H3,(H,25,29,31);1H3/t20?,21-,22-,23-,25-,40?;16?,17-,18-,19-,21-;/m11./s1. The van der Waals surface area contributed by atoms with Crippen LogP contribution in [0.4, 0.5) is 13.2 Å². The first-order valence-corrected chi connectivity index (χ1v) is 33.5. The van der Waals surface area contributed by atoms with Crippen LogP contribution in [0.5, 0.6) is 0 Å². The van der Waals surface area contributed by atoms with Crippen molar-refractivity contribution in [2.24, 2.45) is 5.11 Å². The number of carbonyl (C=O) groups is 2. The maximum atomic E-state index is 13.1. The third kappa shape index (κ3) is 22.8. The molecule has 2 fully saturated rings. The first kappa shape index (κ1) is 74.1. The first-order chi connectivity index (χ1) is 39.7. The number of aromatic nitrogens is 4. The molecule has 33 heteroatoms. The number of nitrogens with zero attached hydrogens (tertiary/aromatic N) is 7. The lowest BCUT2D eigenvalue weighted by Gasteiger charge is -2.39. The summed E-state index contributed by atoms with van der Waals surface area (Å²) in [5.74, 6) is -2.45. The highest BCUT2D eigenvalue weighted by molar-refractivity contribution is 7.62. The molecule has 27 nitrogen and oxygen atoms in total. The number of nitrogens with one attached hydrogen (secondary N) is 3. The van der Waals surface area contributed by atoms with Crippen LogP contribution >= 0.6 is 22.8 Å². The largest absolute Gasteiger partial charge is 0.453 e. The van der Waals surface area contributed by atoms with E-state index < -0.39 is 124 Å². The number of ketones is 1. The number of benzene rings is 1. The van der Waals surface area contributed by atoms with Gasteiger partial charge in [-0.1, -0.05) is 23.3 Å². The number of halogens is 3. The lowest BCUT2D eigenvalue weighted by Crippen LogP contribution is -2.49. The van der Waals surface area contributed by atoms with Crippen LogP contribution in [0.15, 0.2) is 67.0 Å². The predicted molar refractivity (Wildman–Crippen MR) is 311 cm³/mol. The highest BCUT2D eigenvalue weighted by Gasteiger charge is 2.54. The average Bonchev–Trinajstić information content (AvgIpc) is 1.92. The van der Waals surface area contributed by atoms with Crippen LogP contribution in [0.2, 0.25) is 0 Å². The summed E-state index contributed by atoms with van der Waals surface area (Å²) < 4.78 is 117. The van der Waals surface area contributed by atoms with E-state index >= 15 is 0 Å². The molecule has 85 heavy (non-hydrogen) atoms. The molecule has 0 amide bonds. The molecule has 0 aliphatic carbocycles. The Kier molecular flexibility index (Phi) is 29.9. The number of likely N-dealkylation sites (N-methyl/N-ethyl adjacent to an activating group) is 1. The quantitative estimate of drug-likeness (QED) is 0.0141. The van der Waals surface area contributed by atoms with E-state index in [1.807, 2.05) is 27.7 Å². The molecule has 11 atom stereocenters. The number of aromatic amines is 2. The number of hydrogen-bond donors (Lipinski definition) is 3. The van der Waals surface area contributed by atoms with Gasteiger partial charge in [0.15, 0.2) is 18.6 Å². The average molecular weight is 1270 g/mol. The first-order valence-electron chi connectivity index (χ1n) is 26.8. The van der Waals surface area contributed by atoms with Crippen molar-refractivity contribution in [3.05, 3.63) is 123 Å². The van der Waals surface area contributed by atoms with Gasteiger partial charge in [0.2, 0.25) is 12.3 Å². The molecule has 1 aromatic carbocycles. The summed E-state index contributed by atoms with van der Waals surface area (Å²) >= 11 is 0. The number of H-pyrrole nitrogens is 2. The molecular weight excluding hydrogens is 1190 g/mol. The summed E-state index contributed by atoms with van der Waals surface area (Å²) in [4.78, 5) is 83.1. The molecule has 0 saturated carbocycles. The number of rotatable bonds is 28. The summed E-state index contributed by atoms with van der Waals surface area (Å²) in [6, 6.07) is 6.88. The zero-order chi connectivity index (χ0) is 64.1. The zero-order valence-electron chi connectivity index (χ0n) is 50.2. The third-order valence-electron chi connectivity index (χ3n) is 12.6. The van der Waals surface area contributed by atoms with Gasteiger partial charge in [-0.2, -0.15) is 13.2 Å². The molecule has 3 N–H and O–H groups in total. The Morgan fingerprint density at radius 1 is 0.800 bits per heavy atom. The second-order valence-electron chi connectivity index (χ2n) is 21.2. The maximum Gasteiger partial charge on any atom is 0.449 e. The maximum absolute atomic E-state index is 13.1. The third-order valence-corrected chi connectivity index (χ3v) is 17.3. The van der Waals surface area contributed by atoms with Gasteiger partial charge in [-0.15, -0.1) is 0 Å². The number of ether oxygens (including phenoxy) is 7. The summed E-state index contributed by atoms with van der Waals surface area (Å²) in [6.07, 6.45) is -9.44. The summed E-state index contributed by atoms with van der Waals surface area (Å²) in [5, 5.41) is 7.04. The van der Waals surface area contributed by atoms with Crippen molar-refractivity contribution in [2.45, 2.75) is 128 Å². The van der Waals surface area contributed by atoms with Gasteiger partial charge >= 0.3 is 23.5 Å². The molecule has 3 unspecified atom stereocenters. The van der Waals surface area contributed by atoms with E-state index in [1.165, 1.54) is 44.3 Å². The lowest BCUT2D eigenvalue weighted by molar-refractivity contribution is -0.168. The summed E-state index contributed by atoms with van der Waals surface area (Å²) in [6.45, 7) is 26.5. The van der Waals surface area contributed by atoms with Gasteiger partial charge in [0.25, 0.3) is 19.6 Å². The van der Waals surface area contributed by atoms with Gasteiger partial charge in [-0.05, 0) is 92.9 Å². The summed E-state index contributed by atoms with van der Waals surface area (Å²) in [5.41, 5.74) is 7.59.